The Labute approximate surface area is 109 Å². The molecule has 0 spiro atoms. The molecule has 100 valence electrons. The summed E-state index contributed by atoms with van der Waals surface area (Å²) in [6.45, 7) is 3.02. The minimum absolute atomic E-state index is 0.203. The van der Waals surface area contributed by atoms with Crippen molar-refractivity contribution < 1.29 is 9.84 Å². The molecule has 2 heterocycles. The van der Waals surface area contributed by atoms with Crippen molar-refractivity contribution in [1.29, 1.82) is 0 Å². The second kappa shape index (κ2) is 6.71. The van der Waals surface area contributed by atoms with Gasteiger partial charge in [0, 0.05) is 18.7 Å². The molecular formula is C14H22N2O2. The van der Waals surface area contributed by atoms with Gasteiger partial charge in [0.15, 0.2) is 0 Å². The lowest BCUT2D eigenvalue weighted by Gasteiger charge is -2.33. The number of pyridine rings is 1. The van der Waals surface area contributed by atoms with Crippen LogP contribution in [0, 0.1) is 11.8 Å². The van der Waals surface area contributed by atoms with Crippen molar-refractivity contribution in [2.45, 2.75) is 12.8 Å². The van der Waals surface area contributed by atoms with Gasteiger partial charge in [0.2, 0.25) is 0 Å². The summed E-state index contributed by atoms with van der Waals surface area (Å²) in [6, 6.07) is 3.76. The van der Waals surface area contributed by atoms with Gasteiger partial charge in [-0.15, -0.1) is 0 Å². The van der Waals surface area contributed by atoms with Crippen molar-refractivity contribution >= 4 is 0 Å². The Kier molecular flexibility index (Phi) is 4.96. The number of piperidine rings is 1. The van der Waals surface area contributed by atoms with Gasteiger partial charge in [0.05, 0.1) is 12.8 Å². The Morgan fingerprint density at radius 3 is 2.89 bits per heavy atom. The third-order valence-electron chi connectivity index (χ3n) is 3.76. The largest absolute Gasteiger partial charge is 0.492 e. The molecular weight excluding hydrogens is 228 g/mol. The Balaban J connectivity index is 1.82. The third kappa shape index (κ3) is 3.68. The number of ether oxygens (including phenoxy) is 1. The molecule has 1 saturated heterocycles. The van der Waals surface area contributed by atoms with Crippen molar-refractivity contribution in [3.63, 3.8) is 0 Å². The van der Waals surface area contributed by atoms with Crippen molar-refractivity contribution in [2.75, 3.05) is 33.4 Å². The summed E-state index contributed by atoms with van der Waals surface area (Å²) in [4.78, 5) is 6.36. The maximum atomic E-state index is 9.51. The van der Waals surface area contributed by atoms with Gasteiger partial charge in [0.25, 0.3) is 0 Å². The van der Waals surface area contributed by atoms with Crippen LogP contribution in [0.4, 0.5) is 0 Å². The minimum Gasteiger partial charge on any atom is -0.492 e. The number of aliphatic hydroxyl groups is 1. The lowest BCUT2D eigenvalue weighted by molar-refractivity contribution is 0.0808. The Morgan fingerprint density at radius 1 is 1.50 bits per heavy atom. The molecule has 1 unspecified atom stereocenters. The molecule has 1 aromatic rings. The fourth-order valence-corrected chi connectivity index (χ4v) is 2.47. The molecule has 2 rings (SSSR count). The van der Waals surface area contributed by atoms with Crippen molar-refractivity contribution in [3.05, 3.63) is 24.5 Å². The van der Waals surface area contributed by atoms with Gasteiger partial charge in [-0.2, -0.15) is 0 Å². The lowest BCUT2D eigenvalue weighted by atomic mass is 9.85. The van der Waals surface area contributed by atoms with Crippen LogP contribution >= 0.6 is 0 Å². The van der Waals surface area contributed by atoms with Crippen LogP contribution < -0.4 is 4.74 Å². The fourth-order valence-electron chi connectivity index (χ4n) is 2.47. The number of hydrogen-bond donors (Lipinski definition) is 1. The van der Waals surface area contributed by atoms with E-state index in [0.29, 0.717) is 12.5 Å². The molecule has 4 nitrogen and oxygen atoms in total. The predicted molar refractivity (Wildman–Crippen MR) is 70.5 cm³/mol. The zero-order valence-corrected chi connectivity index (χ0v) is 11.0. The summed E-state index contributed by atoms with van der Waals surface area (Å²) >= 11 is 0. The van der Waals surface area contributed by atoms with Gasteiger partial charge in [-0.25, -0.2) is 0 Å². The summed E-state index contributed by atoms with van der Waals surface area (Å²) in [5.41, 5.74) is 0. The molecule has 0 bridgehead atoms. The van der Waals surface area contributed by atoms with Crippen molar-refractivity contribution in [3.8, 4) is 5.75 Å². The quantitative estimate of drug-likeness (QED) is 0.858. The minimum atomic E-state index is 0.203. The highest BCUT2D eigenvalue weighted by Gasteiger charge is 2.25. The van der Waals surface area contributed by atoms with Crippen LogP contribution in [0.5, 0.6) is 5.75 Å². The van der Waals surface area contributed by atoms with E-state index in [4.69, 9.17) is 4.74 Å². The normalized spacial score (nSPS) is 19.7. The second-order valence-electron chi connectivity index (χ2n) is 5.08. The molecule has 1 N–H and O–H groups in total. The summed E-state index contributed by atoms with van der Waals surface area (Å²) in [6.07, 6.45) is 5.74. The third-order valence-corrected chi connectivity index (χ3v) is 3.76. The molecule has 0 aromatic carbocycles. The number of nitrogens with zero attached hydrogens (tertiary/aromatic N) is 2. The van der Waals surface area contributed by atoms with Crippen LogP contribution in [0.15, 0.2) is 24.5 Å². The number of aromatic nitrogens is 1. The van der Waals surface area contributed by atoms with E-state index in [2.05, 4.69) is 16.9 Å². The molecule has 0 radical (unpaired) electrons. The second-order valence-corrected chi connectivity index (χ2v) is 5.08. The van der Waals surface area contributed by atoms with E-state index >= 15 is 0 Å². The first-order chi connectivity index (χ1) is 8.79. The molecule has 1 aliphatic rings. The maximum absolute atomic E-state index is 9.51. The predicted octanol–water partition coefficient (Wildman–Crippen LogP) is 1.41. The summed E-state index contributed by atoms with van der Waals surface area (Å²) in [5, 5.41) is 9.51. The van der Waals surface area contributed by atoms with Crippen molar-refractivity contribution in [1.82, 2.24) is 9.88 Å². The lowest BCUT2D eigenvalue weighted by Crippen LogP contribution is -2.36. The number of likely N-dealkylation sites (tertiary alicyclic amines) is 1. The maximum Gasteiger partial charge on any atom is 0.137 e. The van der Waals surface area contributed by atoms with E-state index in [1.54, 1.807) is 12.4 Å². The Hall–Kier alpha value is -1.13. The van der Waals surface area contributed by atoms with E-state index in [9.17, 15) is 5.11 Å². The average Bonchev–Trinajstić information content (AvgIpc) is 2.42. The Bertz CT molecular complexity index is 337. The van der Waals surface area contributed by atoms with E-state index in [1.807, 2.05) is 12.1 Å². The van der Waals surface area contributed by atoms with Crippen LogP contribution in [0.3, 0.4) is 0 Å². The zero-order chi connectivity index (χ0) is 12.8. The average molecular weight is 250 g/mol. The molecule has 1 aromatic heterocycles. The summed E-state index contributed by atoms with van der Waals surface area (Å²) in [5.74, 6) is 1.59. The van der Waals surface area contributed by atoms with Crippen LogP contribution in [-0.2, 0) is 0 Å². The summed E-state index contributed by atoms with van der Waals surface area (Å²) in [7, 11) is 2.15. The van der Waals surface area contributed by atoms with Crippen LogP contribution in [-0.4, -0.2) is 48.3 Å². The molecule has 1 atom stereocenters. The highest BCUT2D eigenvalue weighted by molar-refractivity contribution is 5.15. The first-order valence-electron chi connectivity index (χ1n) is 6.62. The number of rotatable bonds is 5. The number of aliphatic hydroxyl groups excluding tert-OH is 1. The van der Waals surface area contributed by atoms with Crippen LogP contribution in [0.2, 0.25) is 0 Å². The number of hydrogen-bond acceptors (Lipinski definition) is 4. The fraction of sp³-hybridized carbons (Fsp3) is 0.643. The highest BCUT2D eigenvalue weighted by atomic mass is 16.5. The smallest absolute Gasteiger partial charge is 0.137 e. The van der Waals surface area contributed by atoms with Crippen LogP contribution in [0.1, 0.15) is 12.8 Å². The van der Waals surface area contributed by atoms with E-state index in [1.165, 1.54) is 0 Å². The van der Waals surface area contributed by atoms with Gasteiger partial charge in [-0.1, -0.05) is 0 Å². The standard InChI is InChI=1S/C14H22N2O2/c1-16-7-4-12(5-8-16)13(10-17)11-18-14-3-2-6-15-9-14/h2-3,6,9,12-13,17H,4-5,7-8,10-11H2,1H3. The summed E-state index contributed by atoms with van der Waals surface area (Å²) < 4.78 is 5.70. The van der Waals surface area contributed by atoms with Crippen molar-refractivity contribution in [2.24, 2.45) is 11.8 Å². The SMILES string of the molecule is CN1CCC(C(CO)COc2cccnc2)CC1. The van der Waals surface area contributed by atoms with E-state index in [-0.39, 0.29) is 12.5 Å². The van der Waals surface area contributed by atoms with E-state index in [0.717, 1.165) is 31.7 Å². The zero-order valence-electron chi connectivity index (χ0n) is 11.0. The Morgan fingerprint density at radius 2 is 2.28 bits per heavy atom. The van der Waals surface area contributed by atoms with Gasteiger partial charge < -0.3 is 14.7 Å². The first kappa shape index (κ1) is 13.3. The first-order valence-corrected chi connectivity index (χ1v) is 6.62. The van der Waals surface area contributed by atoms with Crippen LogP contribution in [0.25, 0.3) is 0 Å². The molecule has 1 fully saturated rings. The molecule has 0 aliphatic carbocycles. The highest BCUT2D eigenvalue weighted by Crippen LogP contribution is 2.25. The van der Waals surface area contributed by atoms with E-state index < -0.39 is 0 Å². The topological polar surface area (TPSA) is 45.6 Å². The van der Waals surface area contributed by atoms with Gasteiger partial charge in [-0.05, 0) is 51.0 Å². The van der Waals surface area contributed by atoms with Gasteiger partial charge in [0.1, 0.15) is 5.75 Å². The molecule has 0 saturated carbocycles. The molecule has 1 aliphatic heterocycles. The van der Waals surface area contributed by atoms with Gasteiger partial charge in [-0.3, -0.25) is 4.98 Å². The molecule has 4 heteroatoms. The molecule has 18 heavy (non-hydrogen) atoms. The van der Waals surface area contributed by atoms with Gasteiger partial charge >= 0.3 is 0 Å². The molecule has 0 amide bonds. The monoisotopic (exact) mass is 250 g/mol.